The molecule has 1 amide bonds. The van der Waals surface area contributed by atoms with Crippen molar-refractivity contribution in [1.82, 2.24) is 14.9 Å². The quantitative estimate of drug-likeness (QED) is 0.595. The molecule has 1 aromatic heterocycles. The zero-order valence-electron chi connectivity index (χ0n) is 15.8. The summed E-state index contributed by atoms with van der Waals surface area (Å²) in [4.78, 5) is 39.2. The molecule has 0 radical (unpaired) electrons. The molecule has 0 unspecified atom stereocenters. The van der Waals surface area contributed by atoms with Crippen LogP contribution in [0.5, 0.6) is 11.5 Å². The molecule has 29 heavy (non-hydrogen) atoms. The zero-order chi connectivity index (χ0) is 20.2. The summed E-state index contributed by atoms with van der Waals surface area (Å²) in [5.74, 6) is 0.808. The number of imidazole rings is 1. The van der Waals surface area contributed by atoms with Crippen LogP contribution in [-0.4, -0.2) is 41.0 Å². The molecule has 1 aliphatic rings. The van der Waals surface area contributed by atoms with E-state index in [0.717, 1.165) is 11.0 Å². The largest absolute Gasteiger partial charge is 0.486 e. The third kappa shape index (κ3) is 4.16. The van der Waals surface area contributed by atoms with E-state index in [4.69, 9.17) is 9.47 Å². The molecule has 3 aromatic rings. The number of hydrogen-bond acceptors (Lipinski definition) is 5. The van der Waals surface area contributed by atoms with Crippen LogP contribution < -0.4 is 20.5 Å². The van der Waals surface area contributed by atoms with Crippen molar-refractivity contribution in [2.24, 2.45) is 0 Å². The lowest BCUT2D eigenvalue weighted by Crippen LogP contribution is -2.30. The number of carbonyl (C=O) groups excluding carboxylic acids is 2. The number of para-hydroxylation sites is 2. The van der Waals surface area contributed by atoms with Crippen LogP contribution in [0.3, 0.4) is 0 Å². The second kappa shape index (κ2) is 8.22. The predicted octanol–water partition coefficient (Wildman–Crippen LogP) is 1.88. The van der Waals surface area contributed by atoms with E-state index in [-0.39, 0.29) is 30.2 Å². The Hall–Kier alpha value is -3.55. The number of H-pyrrole nitrogens is 1. The second-order valence-electron chi connectivity index (χ2n) is 6.73. The van der Waals surface area contributed by atoms with E-state index < -0.39 is 0 Å². The van der Waals surface area contributed by atoms with E-state index in [1.165, 1.54) is 0 Å². The summed E-state index contributed by atoms with van der Waals surface area (Å²) >= 11 is 0. The monoisotopic (exact) mass is 395 g/mol. The van der Waals surface area contributed by atoms with E-state index >= 15 is 0 Å². The molecule has 8 heteroatoms. The zero-order valence-corrected chi connectivity index (χ0v) is 15.8. The minimum atomic E-state index is -0.233. The highest BCUT2D eigenvalue weighted by atomic mass is 16.6. The first-order chi connectivity index (χ1) is 14.1. The highest BCUT2D eigenvalue weighted by Crippen LogP contribution is 2.31. The van der Waals surface area contributed by atoms with Crippen molar-refractivity contribution in [3.8, 4) is 11.5 Å². The minimum absolute atomic E-state index is 0.0794. The number of amides is 1. The van der Waals surface area contributed by atoms with Crippen LogP contribution in [0.4, 0.5) is 0 Å². The maximum atomic E-state index is 12.4. The fourth-order valence-corrected chi connectivity index (χ4v) is 3.31. The number of benzene rings is 2. The molecule has 1 aliphatic heterocycles. The van der Waals surface area contributed by atoms with Crippen LogP contribution in [0.25, 0.3) is 11.0 Å². The standard InChI is InChI=1S/C21H21N3O5/c25-17(14-5-7-18-19(13-14)29-12-11-28-18)6-8-20(26)22-9-10-24-16-4-2-1-3-15(16)23-21(24)27/h1-5,7,13H,6,8-12H2,(H,22,26)(H,23,27). The van der Waals surface area contributed by atoms with Gasteiger partial charge in [0.15, 0.2) is 17.3 Å². The first-order valence-electron chi connectivity index (χ1n) is 9.49. The summed E-state index contributed by atoms with van der Waals surface area (Å²) < 4.78 is 12.5. The van der Waals surface area contributed by atoms with E-state index in [9.17, 15) is 14.4 Å². The third-order valence-electron chi connectivity index (χ3n) is 4.78. The van der Waals surface area contributed by atoms with Crippen LogP contribution in [0.1, 0.15) is 23.2 Å². The van der Waals surface area contributed by atoms with Gasteiger partial charge in [0.1, 0.15) is 13.2 Å². The summed E-state index contributed by atoms with van der Waals surface area (Å²) in [6.45, 7) is 1.60. The van der Waals surface area contributed by atoms with Gasteiger partial charge >= 0.3 is 5.69 Å². The SMILES string of the molecule is O=C(CCC(=O)c1ccc2c(c1)OCCO2)NCCn1c(=O)[nH]c2ccccc21. The summed E-state index contributed by atoms with van der Waals surface area (Å²) in [5.41, 5.74) is 1.83. The normalized spacial score (nSPS) is 12.7. The van der Waals surface area contributed by atoms with E-state index in [0.29, 0.717) is 43.4 Å². The molecule has 0 fully saturated rings. The minimum Gasteiger partial charge on any atom is -0.486 e. The van der Waals surface area contributed by atoms with Gasteiger partial charge in [-0.1, -0.05) is 12.1 Å². The molecule has 0 spiro atoms. The Kier molecular flexibility index (Phi) is 5.33. The fourth-order valence-electron chi connectivity index (χ4n) is 3.31. The summed E-state index contributed by atoms with van der Waals surface area (Å²) in [6, 6.07) is 12.4. The van der Waals surface area contributed by atoms with Gasteiger partial charge in [0.05, 0.1) is 11.0 Å². The molecule has 2 N–H and O–H groups in total. The molecule has 0 bridgehead atoms. The Labute approximate surface area is 166 Å². The Bertz CT molecular complexity index is 1110. The number of carbonyl (C=O) groups is 2. The molecular formula is C21H21N3O5. The number of nitrogens with zero attached hydrogens (tertiary/aromatic N) is 1. The first-order valence-corrected chi connectivity index (χ1v) is 9.49. The number of aromatic amines is 1. The average molecular weight is 395 g/mol. The molecule has 0 atom stereocenters. The topological polar surface area (TPSA) is 102 Å². The molecule has 150 valence electrons. The van der Waals surface area contributed by atoms with E-state index in [2.05, 4.69) is 10.3 Å². The second-order valence-corrected chi connectivity index (χ2v) is 6.73. The van der Waals surface area contributed by atoms with Crippen LogP contribution in [0.2, 0.25) is 0 Å². The number of fused-ring (bicyclic) bond motifs is 2. The van der Waals surface area contributed by atoms with Gasteiger partial charge in [-0.2, -0.15) is 0 Å². The molecule has 4 rings (SSSR count). The lowest BCUT2D eigenvalue weighted by atomic mass is 10.1. The van der Waals surface area contributed by atoms with E-state index in [1.54, 1.807) is 22.8 Å². The van der Waals surface area contributed by atoms with Gasteiger partial charge in [-0.25, -0.2) is 4.79 Å². The van der Waals surface area contributed by atoms with Crippen molar-refractivity contribution in [1.29, 1.82) is 0 Å². The number of aromatic nitrogens is 2. The van der Waals surface area contributed by atoms with Crippen molar-refractivity contribution in [3.63, 3.8) is 0 Å². The first kappa shape index (κ1) is 18.8. The Balaban J connectivity index is 1.27. The molecule has 2 heterocycles. The van der Waals surface area contributed by atoms with Gasteiger partial charge in [-0.05, 0) is 30.3 Å². The van der Waals surface area contributed by atoms with Crippen molar-refractivity contribution >= 4 is 22.7 Å². The average Bonchev–Trinajstić information content (AvgIpc) is 3.07. The highest BCUT2D eigenvalue weighted by molar-refractivity contribution is 5.98. The van der Waals surface area contributed by atoms with Gasteiger partial charge in [0.2, 0.25) is 5.91 Å². The summed E-state index contributed by atoms with van der Waals surface area (Å²) in [6.07, 6.45) is 0.175. The molecular weight excluding hydrogens is 374 g/mol. The van der Waals surface area contributed by atoms with Crippen molar-refractivity contribution in [2.45, 2.75) is 19.4 Å². The maximum absolute atomic E-state index is 12.4. The number of Topliss-reactive ketones (excluding diaryl/α,β-unsaturated/α-hetero) is 1. The Morgan fingerprint density at radius 2 is 1.83 bits per heavy atom. The van der Waals surface area contributed by atoms with Crippen LogP contribution in [-0.2, 0) is 11.3 Å². The van der Waals surface area contributed by atoms with Crippen LogP contribution in [0, 0.1) is 0 Å². The number of ketones is 1. The summed E-state index contributed by atoms with van der Waals surface area (Å²) in [5, 5.41) is 2.76. The van der Waals surface area contributed by atoms with Crippen molar-refractivity contribution in [3.05, 3.63) is 58.5 Å². The highest BCUT2D eigenvalue weighted by Gasteiger charge is 2.16. The smallest absolute Gasteiger partial charge is 0.326 e. The van der Waals surface area contributed by atoms with Gasteiger partial charge < -0.3 is 19.8 Å². The molecule has 0 saturated heterocycles. The van der Waals surface area contributed by atoms with Crippen LogP contribution in [0.15, 0.2) is 47.3 Å². The van der Waals surface area contributed by atoms with Gasteiger partial charge in [-0.3, -0.25) is 14.2 Å². The van der Waals surface area contributed by atoms with E-state index in [1.807, 2.05) is 24.3 Å². The third-order valence-corrected chi connectivity index (χ3v) is 4.78. The molecule has 8 nitrogen and oxygen atoms in total. The lowest BCUT2D eigenvalue weighted by molar-refractivity contribution is -0.121. The number of ether oxygens (including phenoxy) is 2. The predicted molar refractivity (Wildman–Crippen MR) is 107 cm³/mol. The number of nitrogens with one attached hydrogen (secondary N) is 2. The summed E-state index contributed by atoms with van der Waals surface area (Å²) in [7, 11) is 0. The van der Waals surface area contributed by atoms with Crippen LogP contribution >= 0.6 is 0 Å². The van der Waals surface area contributed by atoms with Crippen molar-refractivity contribution < 1.29 is 19.1 Å². The molecule has 2 aromatic carbocycles. The van der Waals surface area contributed by atoms with Gasteiger partial charge in [-0.15, -0.1) is 0 Å². The molecule has 0 saturated carbocycles. The lowest BCUT2D eigenvalue weighted by Gasteiger charge is -2.18. The maximum Gasteiger partial charge on any atom is 0.326 e. The number of rotatable bonds is 7. The number of hydrogen-bond donors (Lipinski definition) is 2. The van der Waals surface area contributed by atoms with Crippen molar-refractivity contribution in [2.75, 3.05) is 19.8 Å². The fraction of sp³-hybridized carbons (Fsp3) is 0.286. The Morgan fingerprint density at radius 1 is 1.03 bits per heavy atom. The van der Waals surface area contributed by atoms with Gasteiger partial charge in [0, 0.05) is 31.5 Å². The van der Waals surface area contributed by atoms with Gasteiger partial charge in [0.25, 0.3) is 0 Å². The molecule has 0 aliphatic carbocycles. The Morgan fingerprint density at radius 3 is 2.69 bits per heavy atom.